The number of imidazole rings is 2. The summed E-state index contributed by atoms with van der Waals surface area (Å²) in [7, 11) is -1.24. The first-order valence-corrected chi connectivity index (χ1v) is 18.5. The summed E-state index contributed by atoms with van der Waals surface area (Å²) in [6, 6.07) is 12.1. The largest absolute Gasteiger partial charge is 0.361 e. The Bertz CT molecular complexity index is 1590. The molecule has 0 aliphatic carbocycles. The van der Waals surface area contributed by atoms with Crippen LogP contribution in [0.4, 0.5) is 0 Å². The highest BCUT2D eigenvalue weighted by atomic mass is 35.5. The van der Waals surface area contributed by atoms with Gasteiger partial charge in [-0.15, -0.1) is 0 Å². The molecule has 1 fully saturated rings. The van der Waals surface area contributed by atoms with Crippen LogP contribution < -0.4 is 5.32 Å². The van der Waals surface area contributed by atoms with Crippen LogP contribution in [0.1, 0.15) is 50.3 Å². The number of hydrogen-bond donors (Lipinski definition) is 1. The molecule has 9 nitrogen and oxygen atoms in total. The standard InChI is InChI=1S/C31H39ClN6O3Si/c1-21-22(2)38(20-41-14-15-42(3,4)5)29(34-21)30(39)35-27-18-36(13-11-25(27)23-8-6-9-24(32)16-23)31(40)26-10-7-12-37-19-33-17-28(26)37/h6-10,12,16-17,19,25,27H,11,13-15,18,20H2,1-5H3,(H,35,39)/t25-,27+/m0/s1. The molecule has 4 aromatic rings. The Labute approximate surface area is 252 Å². The van der Waals surface area contributed by atoms with Crippen molar-refractivity contribution >= 4 is 37.0 Å². The van der Waals surface area contributed by atoms with E-state index in [0.717, 1.165) is 28.5 Å². The van der Waals surface area contributed by atoms with Crippen LogP contribution in [0.5, 0.6) is 0 Å². The van der Waals surface area contributed by atoms with Crippen molar-refractivity contribution in [3.05, 3.63) is 88.5 Å². The van der Waals surface area contributed by atoms with E-state index >= 15 is 0 Å². The number of carbonyl (C=O) groups is 2. The van der Waals surface area contributed by atoms with Crippen LogP contribution in [-0.4, -0.2) is 69.5 Å². The van der Waals surface area contributed by atoms with E-state index < -0.39 is 8.07 Å². The van der Waals surface area contributed by atoms with Crippen molar-refractivity contribution in [2.75, 3.05) is 19.7 Å². The van der Waals surface area contributed by atoms with E-state index in [0.29, 0.717) is 42.5 Å². The number of aryl methyl sites for hydroxylation is 1. The maximum atomic E-state index is 13.8. The van der Waals surface area contributed by atoms with Gasteiger partial charge in [0.1, 0.15) is 6.73 Å². The van der Waals surface area contributed by atoms with Crippen LogP contribution in [-0.2, 0) is 11.5 Å². The van der Waals surface area contributed by atoms with E-state index in [9.17, 15) is 9.59 Å². The maximum Gasteiger partial charge on any atom is 0.287 e. The highest BCUT2D eigenvalue weighted by Gasteiger charge is 2.35. The minimum Gasteiger partial charge on any atom is -0.361 e. The zero-order valence-electron chi connectivity index (χ0n) is 24.9. The van der Waals surface area contributed by atoms with Crippen molar-refractivity contribution in [2.24, 2.45) is 0 Å². The number of piperidine rings is 1. The Balaban J connectivity index is 1.39. The van der Waals surface area contributed by atoms with Crippen LogP contribution in [0.2, 0.25) is 30.7 Å². The van der Waals surface area contributed by atoms with Crippen molar-refractivity contribution < 1.29 is 14.3 Å². The molecule has 1 aliphatic heterocycles. The Morgan fingerprint density at radius 1 is 1.17 bits per heavy atom. The monoisotopic (exact) mass is 606 g/mol. The molecule has 5 rings (SSSR count). The molecule has 0 bridgehead atoms. The summed E-state index contributed by atoms with van der Waals surface area (Å²) in [5, 5.41) is 3.88. The fourth-order valence-corrected chi connectivity index (χ4v) is 6.43. The van der Waals surface area contributed by atoms with Gasteiger partial charge < -0.3 is 23.9 Å². The number of benzene rings is 1. The fraction of sp³-hybridized carbons (Fsp3) is 0.419. The van der Waals surface area contributed by atoms with Gasteiger partial charge in [0.05, 0.1) is 35.3 Å². The molecule has 2 amide bonds. The molecule has 42 heavy (non-hydrogen) atoms. The quantitative estimate of drug-likeness (QED) is 0.199. The van der Waals surface area contributed by atoms with Crippen molar-refractivity contribution in [1.82, 2.24) is 29.2 Å². The number of likely N-dealkylation sites (tertiary alicyclic amines) is 1. The van der Waals surface area contributed by atoms with Crippen LogP contribution in [0.25, 0.3) is 5.52 Å². The van der Waals surface area contributed by atoms with Crippen molar-refractivity contribution in [2.45, 2.75) is 64.6 Å². The lowest BCUT2D eigenvalue weighted by atomic mass is 9.85. The second kappa shape index (κ2) is 12.4. The molecule has 0 spiro atoms. The minimum absolute atomic E-state index is 0.0268. The number of amides is 2. The second-order valence-electron chi connectivity index (χ2n) is 12.3. The van der Waals surface area contributed by atoms with Gasteiger partial charge in [-0.3, -0.25) is 9.59 Å². The summed E-state index contributed by atoms with van der Waals surface area (Å²) in [6.45, 7) is 12.6. The Hall–Kier alpha value is -3.47. The van der Waals surface area contributed by atoms with Gasteiger partial charge >= 0.3 is 0 Å². The van der Waals surface area contributed by atoms with Crippen LogP contribution in [0, 0.1) is 13.8 Å². The number of ether oxygens (including phenoxy) is 1. The lowest BCUT2D eigenvalue weighted by Gasteiger charge is -2.39. The number of nitrogens with one attached hydrogen (secondary N) is 1. The molecule has 1 aromatic carbocycles. The summed E-state index contributed by atoms with van der Waals surface area (Å²) < 4.78 is 9.68. The number of halogens is 1. The molecular formula is C31H39ClN6O3Si. The first-order valence-electron chi connectivity index (χ1n) is 14.4. The number of fused-ring (bicyclic) bond motifs is 1. The zero-order chi connectivity index (χ0) is 30.0. The highest BCUT2D eigenvalue weighted by molar-refractivity contribution is 6.76. The SMILES string of the molecule is Cc1nc(C(=O)N[C@@H]2CN(C(=O)c3cccn4cncc34)CC[C@H]2c2cccc(Cl)c2)n(COCC[Si](C)(C)C)c1C. The molecule has 4 heterocycles. The van der Waals surface area contributed by atoms with Gasteiger partial charge in [-0.25, -0.2) is 9.97 Å². The molecule has 222 valence electrons. The third-order valence-corrected chi connectivity index (χ3v) is 9.99. The van der Waals surface area contributed by atoms with E-state index in [2.05, 4.69) is 34.9 Å². The van der Waals surface area contributed by atoms with Crippen molar-refractivity contribution in [1.29, 1.82) is 0 Å². The molecule has 0 radical (unpaired) electrons. The summed E-state index contributed by atoms with van der Waals surface area (Å²) in [4.78, 5) is 38.2. The molecule has 1 N–H and O–H groups in total. The van der Waals surface area contributed by atoms with Crippen LogP contribution in [0.3, 0.4) is 0 Å². The van der Waals surface area contributed by atoms with Crippen molar-refractivity contribution in [3.63, 3.8) is 0 Å². The number of aromatic nitrogens is 4. The number of rotatable bonds is 9. The maximum absolute atomic E-state index is 13.8. The second-order valence-corrected chi connectivity index (χ2v) is 18.3. The van der Waals surface area contributed by atoms with Gasteiger partial charge in [0.2, 0.25) is 5.82 Å². The molecule has 0 saturated carbocycles. The summed E-state index contributed by atoms with van der Waals surface area (Å²) in [5.41, 5.74) is 4.05. The number of pyridine rings is 1. The molecule has 3 aromatic heterocycles. The Kier molecular flexibility index (Phi) is 8.86. The van der Waals surface area contributed by atoms with E-state index in [4.69, 9.17) is 16.3 Å². The first kappa shape index (κ1) is 30.0. The Morgan fingerprint density at radius 3 is 2.74 bits per heavy atom. The predicted octanol–water partition coefficient (Wildman–Crippen LogP) is 5.54. The summed E-state index contributed by atoms with van der Waals surface area (Å²) >= 11 is 6.36. The van der Waals surface area contributed by atoms with E-state index in [1.807, 2.05) is 70.3 Å². The molecule has 1 aliphatic rings. The van der Waals surface area contributed by atoms with Gasteiger partial charge in [-0.2, -0.15) is 0 Å². The lowest BCUT2D eigenvalue weighted by molar-refractivity contribution is 0.0643. The van der Waals surface area contributed by atoms with E-state index in [1.165, 1.54) is 0 Å². The topological polar surface area (TPSA) is 93.8 Å². The smallest absolute Gasteiger partial charge is 0.287 e. The minimum atomic E-state index is -1.24. The predicted molar refractivity (Wildman–Crippen MR) is 167 cm³/mol. The highest BCUT2D eigenvalue weighted by Crippen LogP contribution is 2.31. The normalized spacial score (nSPS) is 17.5. The third kappa shape index (κ3) is 6.61. The lowest BCUT2D eigenvalue weighted by Crippen LogP contribution is -2.53. The van der Waals surface area contributed by atoms with Gasteiger partial charge in [0.15, 0.2) is 0 Å². The van der Waals surface area contributed by atoms with Gasteiger partial charge in [0, 0.05) is 50.6 Å². The van der Waals surface area contributed by atoms with Crippen molar-refractivity contribution in [3.8, 4) is 0 Å². The van der Waals surface area contributed by atoms with Gasteiger partial charge in [-0.05, 0) is 56.1 Å². The number of nitrogens with zero attached hydrogens (tertiary/aromatic N) is 5. The van der Waals surface area contributed by atoms with Gasteiger partial charge in [0.25, 0.3) is 11.8 Å². The first-order chi connectivity index (χ1) is 20.0. The third-order valence-electron chi connectivity index (χ3n) is 8.05. The molecular weight excluding hydrogens is 568 g/mol. The van der Waals surface area contributed by atoms with E-state index in [-0.39, 0.29) is 30.5 Å². The molecule has 11 heteroatoms. The molecule has 1 saturated heterocycles. The number of hydrogen-bond acceptors (Lipinski definition) is 5. The van der Waals surface area contributed by atoms with E-state index in [1.54, 1.807) is 12.5 Å². The number of carbonyl (C=O) groups excluding carboxylic acids is 2. The van der Waals surface area contributed by atoms with Gasteiger partial charge in [-0.1, -0.05) is 43.4 Å². The fourth-order valence-electron chi connectivity index (χ4n) is 5.47. The Morgan fingerprint density at radius 2 is 1.98 bits per heavy atom. The summed E-state index contributed by atoms with van der Waals surface area (Å²) in [6.07, 6.45) is 5.92. The molecule has 2 atom stereocenters. The average Bonchev–Trinajstić information content (AvgIpc) is 3.54. The van der Waals surface area contributed by atoms with Crippen LogP contribution in [0.15, 0.2) is 55.1 Å². The van der Waals surface area contributed by atoms with Crippen LogP contribution >= 0.6 is 11.6 Å². The average molecular weight is 607 g/mol. The zero-order valence-corrected chi connectivity index (χ0v) is 26.7. The summed E-state index contributed by atoms with van der Waals surface area (Å²) in [5.74, 6) is -0.0884. The molecule has 0 unspecified atom stereocenters.